The van der Waals surface area contributed by atoms with Crippen molar-refractivity contribution in [3.05, 3.63) is 119 Å². The van der Waals surface area contributed by atoms with Gasteiger partial charge in [0.25, 0.3) is 5.91 Å². The summed E-state index contributed by atoms with van der Waals surface area (Å²) >= 11 is 0. The molecule has 0 spiro atoms. The summed E-state index contributed by atoms with van der Waals surface area (Å²) < 4.78 is 20.2. The molecule has 312 valence electrons. The number of ether oxygens (including phenoxy) is 3. The van der Waals surface area contributed by atoms with E-state index in [1.807, 2.05) is 54.3 Å². The Morgan fingerprint density at radius 3 is 2.47 bits per heavy atom. The normalized spacial score (nSPS) is 23.4. The van der Waals surface area contributed by atoms with Gasteiger partial charge in [0.15, 0.2) is 0 Å². The van der Waals surface area contributed by atoms with Crippen molar-refractivity contribution in [1.29, 1.82) is 5.26 Å². The predicted octanol–water partition coefficient (Wildman–Crippen LogP) is 7.66. The van der Waals surface area contributed by atoms with Crippen molar-refractivity contribution in [3.63, 3.8) is 0 Å². The molecule has 2 aliphatic carbocycles. The highest BCUT2D eigenvalue weighted by Gasteiger charge is 2.65. The summed E-state index contributed by atoms with van der Waals surface area (Å²) in [6, 6.07) is 23.1. The lowest BCUT2D eigenvalue weighted by Gasteiger charge is -2.60. The fraction of sp³-hybridized carbons (Fsp3) is 0.447. The second-order valence-electron chi connectivity index (χ2n) is 15.4. The summed E-state index contributed by atoms with van der Waals surface area (Å²) in [6.45, 7) is 6.97. The summed E-state index contributed by atoms with van der Waals surface area (Å²) in [5, 5.41) is 36.7. The van der Waals surface area contributed by atoms with Gasteiger partial charge in [0, 0.05) is 49.8 Å². The van der Waals surface area contributed by atoms with E-state index in [4.69, 9.17) is 19.0 Å². The van der Waals surface area contributed by atoms with Crippen LogP contribution in [0, 0.1) is 29.1 Å². The van der Waals surface area contributed by atoms with Crippen LogP contribution in [-0.2, 0) is 16.1 Å². The molecule has 3 aliphatic rings. The van der Waals surface area contributed by atoms with Gasteiger partial charge in [0.1, 0.15) is 24.7 Å². The Kier molecular flexibility index (Phi) is 15.0. The van der Waals surface area contributed by atoms with Crippen LogP contribution in [0.4, 0.5) is 4.79 Å². The number of hydrogen-bond acceptors (Lipinski definition) is 10. The minimum Gasteiger partial charge on any atom is -0.459 e. The standard InChI is InChI=1S/C47H56N4O8/c1-4-23-51(45(54)34-19-17-32(30-48)18-20-34)42-29-40(50-56-3)38-27-35(15-9-11-24-52)37(16-10-12-25-53)43-39-28-36(58-46(55)49-31-33-13-7-6-8-14-33)21-22-41(39)59-47(42,44(38)43)57-26-5-2/h5-8,13-14,17-22,27-28,35,37,42-44,52-53H,2,4,9-12,15-16,23-26,29,31H2,1,3H3,(H,49,55). The molecule has 1 heterocycles. The van der Waals surface area contributed by atoms with Crippen LogP contribution in [0.1, 0.15) is 91.3 Å². The van der Waals surface area contributed by atoms with Gasteiger partial charge in [-0.2, -0.15) is 5.26 Å². The van der Waals surface area contributed by atoms with Crippen LogP contribution in [-0.4, -0.2) is 78.1 Å². The Balaban J connectivity index is 1.52. The van der Waals surface area contributed by atoms with E-state index in [9.17, 15) is 25.1 Å². The number of amides is 2. The lowest BCUT2D eigenvalue weighted by Crippen LogP contribution is -2.70. The van der Waals surface area contributed by atoms with Crippen molar-refractivity contribution in [1.82, 2.24) is 10.2 Å². The number of benzene rings is 3. The van der Waals surface area contributed by atoms with Gasteiger partial charge < -0.3 is 39.5 Å². The Bertz CT molecular complexity index is 2010. The zero-order valence-electron chi connectivity index (χ0n) is 34.1. The number of nitrogens with one attached hydrogen (secondary N) is 1. The number of nitrogens with zero attached hydrogens (tertiary/aromatic N) is 3. The first-order valence-electron chi connectivity index (χ1n) is 20.7. The number of fused-ring (bicyclic) bond motifs is 2. The number of nitriles is 1. The summed E-state index contributed by atoms with van der Waals surface area (Å²) in [5.41, 5.74) is 4.24. The van der Waals surface area contributed by atoms with Crippen LogP contribution in [0.5, 0.6) is 11.5 Å². The fourth-order valence-corrected chi connectivity index (χ4v) is 9.23. The molecule has 1 aliphatic heterocycles. The summed E-state index contributed by atoms with van der Waals surface area (Å²) in [6.07, 6.45) is 8.68. The highest BCUT2D eigenvalue weighted by Crippen LogP contribution is 2.62. The second kappa shape index (κ2) is 20.5. The van der Waals surface area contributed by atoms with E-state index in [-0.39, 0.29) is 49.9 Å². The second-order valence-corrected chi connectivity index (χ2v) is 15.4. The fourth-order valence-electron chi connectivity index (χ4n) is 9.23. The molecule has 1 fully saturated rings. The molecule has 6 rings (SSSR count). The lowest BCUT2D eigenvalue weighted by molar-refractivity contribution is -0.254. The molecule has 0 saturated heterocycles. The van der Waals surface area contributed by atoms with Gasteiger partial charge in [-0.05, 0) is 97.5 Å². The number of carbonyl (C=O) groups excluding carboxylic acids is 2. The maximum atomic E-state index is 14.7. The molecule has 6 atom stereocenters. The zero-order valence-corrected chi connectivity index (χ0v) is 34.1. The van der Waals surface area contributed by atoms with Crippen LogP contribution >= 0.6 is 0 Å². The summed E-state index contributed by atoms with van der Waals surface area (Å²) in [7, 11) is 1.51. The third kappa shape index (κ3) is 9.54. The molecular weight excluding hydrogens is 749 g/mol. The first-order chi connectivity index (χ1) is 28.8. The number of rotatable bonds is 19. The molecule has 12 nitrogen and oxygen atoms in total. The van der Waals surface area contributed by atoms with E-state index < -0.39 is 23.8 Å². The first kappa shape index (κ1) is 43.1. The zero-order chi connectivity index (χ0) is 41.8. The van der Waals surface area contributed by atoms with Crippen molar-refractivity contribution in [2.75, 3.05) is 33.5 Å². The summed E-state index contributed by atoms with van der Waals surface area (Å²) in [5.74, 6) is -1.51. The SMILES string of the molecule is C=CCOC12Oc3ccc(OC(=O)NCc4ccccc4)cc3C3C(CCCCO)C(CCCCO)C=C(C(=NOC)CC1N(CCC)C(=O)c1ccc(C#N)cc1)C32. The molecule has 3 aromatic rings. The number of aliphatic hydroxyl groups is 2. The molecule has 0 aromatic heterocycles. The van der Waals surface area contributed by atoms with E-state index in [1.54, 1.807) is 36.4 Å². The van der Waals surface area contributed by atoms with E-state index >= 15 is 0 Å². The van der Waals surface area contributed by atoms with Gasteiger partial charge in [0.05, 0.1) is 29.9 Å². The molecule has 6 unspecified atom stereocenters. The van der Waals surface area contributed by atoms with Crippen molar-refractivity contribution in [2.45, 2.75) is 82.6 Å². The minimum absolute atomic E-state index is 0.00176. The highest BCUT2D eigenvalue weighted by molar-refractivity contribution is 6.03. The number of oxime groups is 1. The lowest BCUT2D eigenvalue weighted by atomic mass is 9.55. The van der Waals surface area contributed by atoms with Gasteiger partial charge in [-0.1, -0.05) is 67.4 Å². The maximum absolute atomic E-state index is 14.7. The van der Waals surface area contributed by atoms with Gasteiger partial charge in [-0.3, -0.25) is 4.79 Å². The molecule has 3 N–H and O–H groups in total. The van der Waals surface area contributed by atoms with Crippen molar-refractivity contribution in [2.24, 2.45) is 22.9 Å². The molecule has 12 heteroatoms. The Hall–Kier alpha value is -5.48. The molecule has 59 heavy (non-hydrogen) atoms. The average Bonchev–Trinajstić information content (AvgIpc) is 3.26. The van der Waals surface area contributed by atoms with Crippen LogP contribution in [0.2, 0.25) is 0 Å². The Labute approximate surface area is 347 Å². The quantitative estimate of drug-likeness (QED) is 0.0627. The van der Waals surface area contributed by atoms with Crippen molar-refractivity contribution in [3.8, 4) is 17.6 Å². The third-order valence-electron chi connectivity index (χ3n) is 11.7. The molecule has 3 aromatic carbocycles. The smallest absolute Gasteiger partial charge is 0.412 e. The maximum Gasteiger partial charge on any atom is 0.412 e. The van der Waals surface area contributed by atoms with Crippen LogP contribution in [0.15, 0.2) is 102 Å². The Morgan fingerprint density at radius 2 is 1.80 bits per heavy atom. The number of carbonyl (C=O) groups is 2. The van der Waals surface area contributed by atoms with E-state index in [0.717, 1.165) is 42.4 Å². The largest absolute Gasteiger partial charge is 0.459 e. The summed E-state index contributed by atoms with van der Waals surface area (Å²) in [4.78, 5) is 35.3. The van der Waals surface area contributed by atoms with Gasteiger partial charge in [-0.25, -0.2) is 4.79 Å². The Morgan fingerprint density at radius 1 is 1.05 bits per heavy atom. The number of aliphatic hydroxyl groups excluding tert-OH is 2. The molecular formula is C47H56N4O8. The molecule has 0 radical (unpaired) electrons. The molecule has 0 bridgehead atoms. The van der Waals surface area contributed by atoms with Gasteiger partial charge in [0.2, 0.25) is 5.79 Å². The third-order valence-corrected chi connectivity index (χ3v) is 11.7. The first-order valence-corrected chi connectivity index (χ1v) is 20.7. The van der Waals surface area contributed by atoms with E-state index in [1.165, 1.54) is 7.11 Å². The van der Waals surface area contributed by atoms with Gasteiger partial charge >= 0.3 is 6.09 Å². The predicted molar refractivity (Wildman–Crippen MR) is 224 cm³/mol. The average molecular weight is 805 g/mol. The molecule has 1 saturated carbocycles. The number of unbranched alkanes of at least 4 members (excludes halogenated alkanes) is 2. The van der Waals surface area contributed by atoms with Crippen LogP contribution < -0.4 is 14.8 Å². The van der Waals surface area contributed by atoms with Gasteiger partial charge in [-0.15, -0.1) is 6.58 Å². The number of allylic oxidation sites excluding steroid dienone is 1. The van der Waals surface area contributed by atoms with E-state index in [2.05, 4.69) is 29.2 Å². The van der Waals surface area contributed by atoms with Crippen molar-refractivity contribution >= 4 is 17.7 Å². The minimum atomic E-state index is -1.43. The number of hydrogen-bond donors (Lipinski definition) is 3. The topological polar surface area (TPSA) is 163 Å². The van der Waals surface area contributed by atoms with E-state index in [0.29, 0.717) is 60.7 Å². The highest BCUT2D eigenvalue weighted by atomic mass is 16.7. The molecule has 2 amide bonds. The van der Waals surface area contributed by atoms with Crippen LogP contribution in [0.25, 0.3) is 0 Å². The van der Waals surface area contributed by atoms with Crippen molar-refractivity contribution < 1.29 is 38.9 Å². The van der Waals surface area contributed by atoms with Crippen LogP contribution in [0.3, 0.4) is 0 Å². The monoisotopic (exact) mass is 804 g/mol.